The molecule has 2 rings (SSSR count). The van der Waals surface area contributed by atoms with Gasteiger partial charge in [0, 0.05) is 27.1 Å². The lowest BCUT2D eigenvalue weighted by Gasteiger charge is -2.06. The van der Waals surface area contributed by atoms with Crippen LogP contribution in [0, 0.1) is 0 Å². The zero-order valence-electron chi connectivity index (χ0n) is 11.6. The predicted octanol–water partition coefficient (Wildman–Crippen LogP) is 5.28. The molecule has 0 spiro atoms. The molecule has 0 bridgehead atoms. The summed E-state index contributed by atoms with van der Waals surface area (Å²) in [5.41, 5.74) is 3.15. The largest absolute Gasteiger partial charge is 0.399 e. The first-order chi connectivity index (χ1) is 10.2. The van der Waals surface area contributed by atoms with E-state index in [1.54, 1.807) is 18.9 Å². The SMILES string of the molecule is CO/N=C(\CSCc1ccc(Cl)cc1)c1ccc(Cl)cc1. The molecule has 0 N–H and O–H groups in total. The van der Waals surface area contributed by atoms with Gasteiger partial charge in [0.2, 0.25) is 0 Å². The van der Waals surface area contributed by atoms with E-state index >= 15 is 0 Å². The third-order valence-electron chi connectivity index (χ3n) is 2.80. The van der Waals surface area contributed by atoms with Gasteiger partial charge in [0.25, 0.3) is 0 Å². The molecule has 0 aliphatic rings. The van der Waals surface area contributed by atoms with E-state index in [-0.39, 0.29) is 0 Å². The molecule has 0 amide bonds. The van der Waals surface area contributed by atoms with Crippen LogP contribution in [0.5, 0.6) is 0 Å². The van der Waals surface area contributed by atoms with Crippen molar-refractivity contribution in [1.29, 1.82) is 0 Å². The van der Waals surface area contributed by atoms with Crippen LogP contribution in [0.4, 0.5) is 0 Å². The smallest absolute Gasteiger partial charge is 0.106 e. The topological polar surface area (TPSA) is 21.6 Å². The number of thioether (sulfide) groups is 1. The van der Waals surface area contributed by atoms with E-state index in [0.29, 0.717) is 5.02 Å². The summed E-state index contributed by atoms with van der Waals surface area (Å²) in [6.07, 6.45) is 0. The molecule has 2 nitrogen and oxygen atoms in total. The predicted molar refractivity (Wildman–Crippen MR) is 92.6 cm³/mol. The van der Waals surface area contributed by atoms with Gasteiger partial charge in [-0.2, -0.15) is 11.8 Å². The number of hydrogen-bond acceptors (Lipinski definition) is 3. The highest BCUT2D eigenvalue weighted by molar-refractivity contribution is 7.99. The Balaban J connectivity index is 1.96. The lowest BCUT2D eigenvalue weighted by molar-refractivity contribution is 0.213. The van der Waals surface area contributed by atoms with Gasteiger partial charge in [-0.1, -0.05) is 52.6 Å². The van der Waals surface area contributed by atoms with Crippen molar-refractivity contribution < 1.29 is 4.84 Å². The molecule has 5 heteroatoms. The molecule has 0 saturated heterocycles. The maximum atomic E-state index is 5.90. The minimum atomic E-state index is 0.712. The summed E-state index contributed by atoms with van der Waals surface area (Å²) in [5, 5.41) is 5.57. The first-order valence-electron chi connectivity index (χ1n) is 6.37. The van der Waals surface area contributed by atoms with Gasteiger partial charge in [0.15, 0.2) is 0 Å². The minimum Gasteiger partial charge on any atom is -0.399 e. The molecule has 0 aromatic heterocycles. The van der Waals surface area contributed by atoms with Crippen LogP contribution < -0.4 is 0 Å². The van der Waals surface area contributed by atoms with Gasteiger partial charge in [-0.3, -0.25) is 0 Å². The van der Waals surface area contributed by atoms with Crippen molar-refractivity contribution in [1.82, 2.24) is 0 Å². The fourth-order valence-electron chi connectivity index (χ4n) is 1.76. The second-order valence-electron chi connectivity index (χ2n) is 4.35. The van der Waals surface area contributed by atoms with Crippen molar-refractivity contribution in [3.8, 4) is 0 Å². The summed E-state index contributed by atoms with van der Waals surface area (Å²) in [6, 6.07) is 15.5. The summed E-state index contributed by atoms with van der Waals surface area (Å²) in [6.45, 7) is 0. The van der Waals surface area contributed by atoms with E-state index in [1.807, 2.05) is 48.5 Å². The summed E-state index contributed by atoms with van der Waals surface area (Å²) >= 11 is 13.6. The van der Waals surface area contributed by atoms with E-state index < -0.39 is 0 Å². The molecule has 0 unspecified atom stereocenters. The first kappa shape index (κ1) is 16.2. The Morgan fingerprint density at radius 2 is 1.57 bits per heavy atom. The van der Waals surface area contributed by atoms with Crippen LogP contribution in [0.2, 0.25) is 10.0 Å². The normalized spacial score (nSPS) is 11.5. The van der Waals surface area contributed by atoms with Crippen LogP contribution in [0.1, 0.15) is 11.1 Å². The van der Waals surface area contributed by atoms with Crippen molar-refractivity contribution in [2.45, 2.75) is 5.75 Å². The zero-order chi connectivity index (χ0) is 15.1. The van der Waals surface area contributed by atoms with E-state index in [4.69, 9.17) is 28.0 Å². The lowest BCUT2D eigenvalue weighted by atomic mass is 10.1. The Labute approximate surface area is 139 Å². The van der Waals surface area contributed by atoms with Crippen LogP contribution >= 0.6 is 35.0 Å². The third kappa shape index (κ3) is 5.27. The molecule has 2 aromatic rings. The van der Waals surface area contributed by atoms with Gasteiger partial charge in [0.1, 0.15) is 7.11 Å². The molecular weight excluding hydrogens is 325 g/mol. The van der Waals surface area contributed by atoms with Crippen LogP contribution in [0.25, 0.3) is 0 Å². The quantitative estimate of drug-likeness (QED) is 0.527. The van der Waals surface area contributed by atoms with Gasteiger partial charge >= 0.3 is 0 Å². The molecule has 0 aliphatic carbocycles. The lowest BCUT2D eigenvalue weighted by Crippen LogP contribution is -2.05. The van der Waals surface area contributed by atoms with Crippen molar-refractivity contribution in [3.05, 3.63) is 69.7 Å². The number of rotatable bonds is 6. The Kier molecular flexibility index (Phi) is 6.43. The molecule has 21 heavy (non-hydrogen) atoms. The summed E-state index contributed by atoms with van der Waals surface area (Å²) < 4.78 is 0. The molecule has 0 atom stereocenters. The van der Waals surface area contributed by atoms with Crippen molar-refractivity contribution in [3.63, 3.8) is 0 Å². The van der Waals surface area contributed by atoms with E-state index in [9.17, 15) is 0 Å². The fourth-order valence-corrected chi connectivity index (χ4v) is 2.96. The second kappa shape index (κ2) is 8.32. The number of halogens is 2. The summed E-state index contributed by atoms with van der Waals surface area (Å²) in [7, 11) is 1.56. The van der Waals surface area contributed by atoms with Crippen LogP contribution in [0.3, 0.4) is 0 Å². The molecule has 0 heterocycles. The monoisotopic (exact) mass is 339 g/mol. The Morgan fingerprint density at radius 3 is 2.14 bits per heavy atom. The van der Waals surface area contributed by atoms with E-state index in [2.05, 4.69) is 5.16 Å². The average molecular weight is 340 g/mol. The molecular formula is C16H15Cl2NOS. The third-order valence-corrected chi connectivity index (χ3v) is 4.32. The molecule has 0 aliphatic heterocycles. The first-order valence-corrected chi connectivity index (χ1v) is 8.28. The van der Waals surface area contributed by atoms with Gasteiger partial charge < -0.3 is 4.84 Å². The van der Waals surface area contributed by atoms with Gasteiger partial charge in [0.05, 0.1) is 5.71 Å². The maximum absolute atomic E-state index is 5.90. The average Bonchev–Trinajstić information content (AvgIpc) is 2.49. The minimum absolute atomic E-state index is 0.712. The van der Waals surface area contributed by atoms with Gasteiger partial charge in [-0.15, -0.1) is 0 Å². The fraction of sp³-hybridized carbons (Fsp3) is 0.188. The number of benzene rings is 2. The Morgan fingerprint density at radius 1 is 1.00 bits per heavy atom. The summed E-state index contributed by atoms with van der Waals surface area (Å²) in [4.78, 5) is 4.93. The number of hydrogen-bond donors (Lipinski definition) is 0. The molecule has 2 aromatic carbocycles. The van der Waals surface area contributed by atoms with Crippen LogP contribution in [0.15, 0.2) is 53.7 Å². The van der Waals surface area contributed by atoms with E-state index in [0.717, 1.165) is 27.8 Å². The van der Waals surface area contributed by atoms with Crippen LogP contribution in [-0.4, -0.2) is 18.6 Å². The molecule has 0 fully saturated rings. The van der Waals surface area contributed by atoms with Crippen molar-refractivity contribution in [2.75, 3.05) is 12.9 Å². The van der Waals surface area contributed by atoms with E-state index in [1.165, 1.54) is 5.56 Å². The maximum Gasteiger partial charge on any atom is 0.106 e. The molecule has 0 saturated carbocycles. The van der Waals surface area contributed by atoms with Gasteiger partial charge in [-0.25, -0.2) is 0 Å². The number of oxime groups is 1. The second-order valence-corrected chi connectivity index (χ2v) is 6.21. The zero-order valence-corrected chi connectivity index (χ0v) is 13.9. The standard InChI is InChI=1S/C16H15Cl2NOS/c1-20-19-16(13-4-8-15(18)9-5-13)11-21-10-12-2-6-14(17)7-3-12/h2-9H,10-11H2,1H3/b19-16+. The highest BCUT2D eigenvalue weighted by Gasteiger charge is 2.05. The van der Waals surface area contributed by atoms with Crippen molar-refractivity contribution in [2.24, 2.45) is 5.16 Å². The van der Waals surface area contributed by atoms with Gasteiger partial charge in [-0.05, 0) is 29.8 Å². The summed E-state index contributed by atoms with van der Waals surface area (Å²) in [5.74, 6) is 1.66. The van der Waals surface area contributed by atoms with Crippen LogP contribution in [-0.2, 0) is 10.6 Å². The Bertz CT molecular complexity index is 597. The molecule has 110 valence electrons. The van der Waals surface area contributed by atoms with Crippen molar-refractivity contribution >= 4 is 40.7 Å². The number of nitrogens with zero attached hydrogens (tertiary/aromatic N) is 1. The highest BCUT2D eigenvalue weighted by atomic mass is 35.5. The Hall–Kier alpha value is -1.16. The highest BCUT2D eigenvalue weighted by Crippen LogP contribution is 2.18. The molecule has 0 radical (unpaired) electrons.